The Labute approximate surface area is 162 Å². The van der Waals surface area contributed by atoms with Gasteiger partial charge in [-0.2, -0.15) is 0 Å². The summed E-state index contributed by atoms with van der Waals surface area (Å²) in [5, 5.41) is 13.5. The van der Waals surface area contributed by atoms with Crippen LogP contribution in [-0.2, 0) is 22.8 Å². The van der Waals surface area contributed by atoms with Crippen LogP contribution in [0.25, 0.3) is 0 Å². The van der Waals surface area contributed by atoms with Gasteiger partial charge in [0.15, 0.2) is 9.84 Å². The van der Waals surface area contributed by atoms with Crippen molar-refractivity contribution in [3.63, 3.8) is 0 Å². The molecule has 0 spiro atoms. The Hall–Kier alpha value is -2.75. The zero-order chi connectivity index (χ0) is 19.7. The Balaban J connectivity index is 1.49. The quantitative estimate of drug-likeness (QED) is 0.737. The zero-order valence-electron chi connectivity index (χ0n) is 15.2. The minimum atomic E-state index is -3.38. The molecule has 10 heteroatoms. The highest BCUT2D eigenvalue weighted by Gasteiger charge is 2.40. The molecule has 2 N–H and O–H groups in total. The average molecular weight is 403 g/mol. The summed E-state index contributed by atoms with van der Waals surface area (Å²) in [5.41, 5.74) is 0.434. The standard InChI is InChI=1S/C18H21N5O4S/c24-17(12-6-2-1-3-7-12)19-13-10-28(26,27)11-14(13)20-18(25)16-22-21-15-8-4-5-9-23(15)16/h1-3,6-7,13-14H,4-5,8-11H2,(H,19,24)(H,20,25)/t13-,14+/m0/s1. The van der Waals surface area contributed by atoms with E-state index in [1.54, 1.807) is 34.9 Å². The van der Waals surface area contributed by atoms with Gasteiger partial charge in [0.1, 0.15) is 5.82 Å². The maximum Gasteiger partial charge on any atom is 0.289 e. The molecule has 2 aliphatic rings. The van der Waals surface area contributed by atoms with Crippen LogP contribution in [0.1, 0.15) is 39.6 Å². The summed E-state index contributed by atoms with van der Waals surface area (Å²) in [4.78, 5) is 25.1. The number of amides is 2. The van der Waals surface area contributed by atoms with E-state index in [0.29, 0.717) is 12.1 Å². The van der Waals surface area contributed by atoms with Crippen molar-refractivity contribution in [3.8, 4) is 0 Å². The molecule has 1 aromatic heterocycles. The lowest BCUT2D eigenvalue weighted by Crippen LogP contribution is -2.51. The Morgan fingerprint density at radius 2 is 1.64 bits per heavy atom. The van der Waals surface area contributed by atoms with E-state index in [2.05, 4.69) is 20.8 Å². The van der Waals surface area contributed by atoms with Gasteiger partial charge in [-0.05, 0) is 25.0 Å². The fraction of sp³-hybridized carbons (Fsp3) is 0.444. The molecule has 0 saturated carbocycles. The van der Waals surface area contributed by atoms with E-state index in [-0.39, 0.29) is 23.2 Å². The number of fused-ring (bicyclic) bond motifs is 1. The number of nitrogens with one attached hydrogen (secondary N) is 2. The van der Waals surface area contributed by atoms with Gasteiger partial charge in [0, 0.05) is 18.5 Å². The first-order valence-electron chi connectivity index (χ1n) is 9.22. The molecule has 2 amide bonds. The summed E-state index contributed by atoms with van der Waals surface area (Å²) in [6, 6.07) is 7.12. The monoisotopic (exact) mass is 403 g/mol. The van der Waals surface area contributed by atoms with Gasteiger partial charge in [-0.15, -0.1) is 10.2 Å². The number of benzene rings is 1. The maximum absolute atomic E-state index is 12.7. The molecular weight excluding hydrogens is 382 g/mol. The van der Waals surface area contributed by atoms with E-state index < -0.39 is 27.8 Å². The smallest absolute Gasteiger partial charge is 0.289 e. The second-order valence-electron chi connectivity index (χ2n) is 7.15. The molecule has 4 rings (SSSR count). The Morgan fingerprint density at radius 3 is 2.36 bits per heavy atom. The first-order valence-corrected chi connectivity index (χ1v) is 11.0. The van der Waals surface area contributed by atoms with Gasteiger partial charge in [-0.1, -0.05) is 18.2 Å². The number of carbonyl (C=O) groups excluding carboxylic acids is 2. The van der Waals surface area contributed by atoms with Crippen LogP contribution in [0.2, 0.25) is 0 Å². The summed E-state index contributed by atoms with van der Waals surface area (Å²) in [6.45, 7) is 0.669. The third-order valence-corrected chi connectivity index (χ3v) is 6.82. The summed E-state index contributed by atoms with van der Waals surface area (Å²) in [7, 11) is -3.38. The molecule has 28 heavy (non-hydrogen) atoms. The van der Waals surface area contributed by atoms with Gasteiger partial charge in [0.2, 0.25) is 5.82 Å². The van der Waals surface area contributed by atoms with Crippen molar-refractivity contribution in [1.82, 2.24) is 25.4 Å². The topological polar surface area (TPSA) is 123 Å². The van der Waals surface area contributed by atoms with E-state index in [1.807, 2.05) is 0 Å². The number of hydrogen-bond acceptors (Lipinski definition) is 6. The molecule has 1 saturated heterocycles. The van der Waals surface area contributed by atoms with E-state index in [0.717, 1.165) is 25.1 Å². The molecule has 0 unspecified atom stereocenters. The highest BCUT2D eigenvalue weighted by Crippen LogP contribution is 2.17. The van der Waals surface area contributed by atoms with Crippen LogP contribution in [-0.4, -0.2) is 58.6 Å². The van der Waals surface area contributed by atoms with Crippen LogP contribution in [0.4, 0.5) is 0 Å². The third-order valence-electron chi connectivity index (χ3n) is 5.08. The van der Waals surface area contributed by atoms with Crippen LogP contribution >= 0.6 is 0 Å². The predicted octanol–water partition coefficient (Wildman–Crippen LogP) is -0.0602. The van der Waals surface area contributed by atoms with Gasteiger partial charge in [0.05, 0.1) is 23.6 Å². The minimum absolute atomic E-state index is 0.187. The predicted molar refractivity (Wildman–Crippen MR) is 101 cm³/mol. The van der Waals surface area contributed by atoms with Gasteiger partial charge in [-0.25, -0.2) is 8.42 Å². The Bertz CT molecular complexity index is 1000. The SMILES string of the molecule is O=C(N[C@H]1CS(=O)(=O)C[C@H]1NC(=O)c1nnc2n1CCCC2)c1ccccc1. The number of sulfone groups is 1. The fourth-order valence-electron chi connectivity index (χ4n) is 3.68. The van der Waals surface area contributed by atoms with Crippen LogP contribution < -0.4 is 10.6 Å². The normalized spacial score (nSPS) is 23.0. The van der Waals surface area contributed by atoms with Gasteiger partial charge >= 0.3 is 0 Å². The van der Waals surface area contributed by atoms with Gasteiger partial charge < -0.3 is 15.2 Å². The summed E-state index contributed by atoms with van der Waals surface area (Å²) in [5.74, 6) is -0.325. The molecule has 148 valence electrons. The molecule has 9 nitrogen and oxygen atoms in total. The van der Waals surface area contributed by atoms with Crippen molar-refractivity contribution in [2.24, 2.45) is 0 Å². The van der Waals surface area contributed by atoms with Crippen LogP contribution in [0.5, 0.6) is 0 Å². The molecule has 0 radical (unpaired) electrons. The minimum Gasteiger partial charge on any atom is -0.346 e. The van der Waals surface area contributed by atoms with E-state index in [9.17, 15) is 18.0 Å². The molecule has 2 aromatic rings. The Morgan fingerprint density at radius 1 is 0.964 bits per heavy atom. The lowest BCUT2D eigenvalue weighted by molar-refractivity contribution is 0.0887. The van der Waals surface area contributed by atoms with Gasteiger partial charge in [0.25, 0.3) is 11.8 Å². The highest BCUT2D eigenvalue weighted by molar-refractivity contribution is 7.91. The van der Waals surface area contributed by atoms with Crippen molar-refractivity contribution in [2.45, 2.75) is 37.9 Å². The number of hydrogen-bond donors (Lipinski definition) is 2. The second-order valence-corrected chi connectivity index (χ2v) is 9.31. The van der Waals surface area contributed by atoms with Crippen LogP contribution in [0.15, 0.2) is 30.3 Å². The molecule has 1 fully saturated rings. The number of aryl methyl sites for hydroxylation is 1. The van der Waals surface area contributed by atoms with E-state index in [4.69, 9.17) is 0 Å². The Kier molecular flexibility index (Phi) is 4.88. The van der Waals surface area contributed by atoms with Crippen LogP contribution in [0.3, 0.4) is 0 Å². The molecule has 0 bridgehead atoms. The van der Waals surface area contributed by atoms with Crippen molar-refractivity contribution >= 4 is 21.7 Å². The van der Waals surface area contributed by atoms with Crippen molar-refractivity contribution in [1.29, 1.82) is 0 Å². The molecule has 2 atom stereocenters. The molecule has 3 heterocycles. The third kappa shape index (κ3) is 3.77. The number of carbonyl (C=O) groups is 2. The lowest BCUT2D eigenvalue weighted by Gasteiger charge is -2.21. The van der Waals surface area contributed by atoms with Crippen molar-refractivity contribution in [2.75, 3.05) is 11.5 Å². The summed E-state index contributed by atoms with van der Waals surface area (Å²) >= 11 is 0. The lowest BCUT2D eigenvalue weighted by atomic mass is 10.1. The first-order chi connectivity index (χ1) is 13.4. The van der Waals surface area contributed by atoms with Crippen LogP contribution in [0, 0.1) is 0 Å². The summed E-state index contributed by atoms with van der Waals surface area (Å²) < 4.78 is 26.0. The van der Waals surface area contributed by atoms with E-state index in [1.165, 1.54) is 0 Å². The maximum atomic E-state index is 12.7. The zero-order valence-corrected chi connectivity index (χ0v) is 16.0. The second kappa shape index (κ2) is 7.34. The highest BCUT2D eigenvalue weighted by atomic mass is 32.2. The number of aromatic nitrogens is 3. The number of rotatable bonds is 4. The average Bonchev–Trinajstić information content (AvgIpc) is 3.23. The van der Waals surface area contributed by atoms with Crippen molar-refractivity contribution < 1.29 is 18.0 Å². The molecular formula is C18H21N5O4S. The molecule has 0 aliphatic carbocycles. The van der Waals surface area contributed by atoms with Crippen molar-refractivity contribution in [3.05, 3.63) is 47.5 Å². The van der Waals surface area contributed by atoms with E-state index >= 15 is 0 Å². The molecule has 1 aromatic carbocycles. The number of nitrogens with zero attached hydrogens (tertiary/aromatic N) is 3. The summed E-state index contributed by atoms with van der Waals surface area (Å²) in [6.07, 6.45) is 2.72. The van der Waals surface area contributed by atoms with Gasteiger partial charge in [-0.3, -0.25) is 9.59 Å². The molecule has 2 aliphatic heterocycles. The fourth-order valence-corrected chi connectivity index (χ4v) is 5.54. The largest absolute Gasteiger partial charge is 0.346 e. The first kappa shape index (κ1) is 18.6.